The standard InChI is InChI=1S/C28H38ClN3O3/c1-7-31(8-2)21-12-13-24(19(3)16-21)30-25(33)28(32(26(34)35)18-27(4,5)6)15-14-20-10-9-11-23(29)22(20)17-28/h9-13,16H,7-8,14-15,17-18H2,1-6H3,(H,30,33)(H,34,35). The number of nitrogens with one attached hydrogen (secondary N) is 1. The summed E-state index contributed by atoms with van der Waals surface area (Å²) < 4.78 is 0. The number of carbonyl (C=O) groups excluding carboxylic acids is 1. The Morgan fingerprint density at radius 3 is 2.40 bits per heavy atom. The van der Waals surface area contributed by atoms with E-state index in [0.717, 1.165) is 35.5 Å². The van der Waals surface area contributed by atoms with Crippen molar-refractivity contribution in [3.63, 3.8) is 0 Å². The van der Waals surface area contributed by atoms with Gasteiger partial charge in [0.25, 0.3) is 5.91 Å². The lowest BCUT2D eigenvalue weighted by Gasteiger charge is -2.46. The second-order valence-electron chi connectivity index (χ2n) is 10.6. The highest BCUT2D eigenvalue weighted by Gasteiger charge is 2.50. The number of rotatable bonds is 7. The Bertz CT molecular complexity index is 1090. The molecule has 0 aliphatic heterocycles. The average molecular weight is 500 g/mol. The molecular formula is C28H38ClN3O3. The van der Waals surface area contributed by atoms with Gasteiger partial charge in [0.2, 0.25) is 0 Å². The lowest BCUT2D eigenvalue weighted by molar-refractivity contribution is -0.128. The largest absolute Gasteiger partial charge is 0.465 e. The van der Waals surface area contributed by atoms with Crippen LogP contribution < -0.4 is 10.2 Å². The zero-order valence-corrected chi connectivity index (χ0v) is 22.5. The van der Waals surface area contributed by atoms with Crippen molar-refractivity contribution in [1.29, 1.82) is 0 Å². The predicted molar refractivity (Wildman–Crippen MR) is 144 cm³/mol. The molecule has 2 aromatic carbocycles. The average Bonchev–Trinajstić information content (AvgIpc) is 2.79. The summed E-state index contributed by atoms with van der Waals surface area (Å²) in [6, 6.07) is 11.7. The summed E-state index contributed by atoms with van der Waals surface area (Å²) in [5, 5.41) is 14.0. The zero-order valence-electron chi connectivity index (χ0n) is 21.7. The van der Waals surface area contributed by atoms with Crippen LogP contribution in [0.4, 0.5) is 16.2 Å². The van der Waals surface area contributed by atoms with Crippen molar-refractivity contribution in [2.24, 2.45) is 5.41 Å². The van der Waals surface area contributed by atoms with E-state index >= 15 is 0 Å². The fourth-order valence-corrected chi connectivity index (χ4v) is 5.25. The first-order valence-electron chi connectivity index (χ1n) is 12.4. The number of aryl methyl sites for hydroxylation is 2. The third-order valence-electron chi connectivity index (χ3n) is 6.88. The van der Waals surface area contributed by atoms with Crippen molar-refractivity contribution in [2.75, 3.05) is 29.9 Å². The molecule has 0 aromatic heterocycles. The predicted octanol–water partition coefficient (Wildman–Crippen LogP) is 6.39. The summed E-state index contributed by atoms with van der Waals surface area (Å²) in [6.07, 6.45) is 0.119. The van der Waals surface area contributed by atoms with Crippen LogP contribution in [0.15, 0.2) is 36.4 Å². The fraction of sp³-hybridized carbons (Fsp3) is 0.500. The first-order valence-corrected chi connectivity index (χ1v) is 12.7. The summed E-state index contributed by atoms with van der Waals surface area (Å²) in [4.78, 5) is 30.2. The van der Waals surface area contributed by atoms with Gasteiger partial charge >= 0.3 is 6.09 Å². The van der Waals surface area contributed by atoms with Crippen LogP contribution in [-0.4, -0.2) is 47.2 Å². The van der Waals surface area contributed by atoms with Gasteiger partial charge in [0, 0.05) is 42.5 Å². The number of carboxylic acid groups (broad SMARTS) is 1. The van der Waals surface area contributed by atoms with Gasteiger partial charge in [-0.3, -0.25) is 9.69 Å². The van der Waals surface area contributed by atoms with Gasteiger partial charge < -0.3 is 15.3 Å². The van der Waals surface area contributed by atoms with Crippen LogP contribution in [0.25, 0.3) is 0 Å². The SMILES string of the molecule is CCN(CC)c1ccc(NC(=O)C2(N(CC(C)(C)C)C(=O)O)CCc3cccc(Cl)c3C2)c(C)c1. The van der Waals surface area contributed by atoms with Crippen LogP contribution in [0, 0.1) is 12.3 Å². The van der Waals surface area contributed by atoms with Crippen LogP contribution in [0.3, 0.4) is 0 Å². The third-order valence-corrected chi connectivity index (χ3v) is 7.24. The number of nitrogens with zero attached hydrogens (tertiary/aromatic N) is 2. The van der Waals surface area contributed by atoms with E-state index in [0.29, 0.717) is 23.6 Å². The highest BCUT2D eigenvalue weighted by atomic mass is 35.5. The Morgan fingerprint density at radius 2 is 1.83 bits per heavy atom. The van der Waals surface area contributed by atoms with Crippen molar-refractivity contribution in [2.45, 2.75) is 66.3 Å². The highest BCUT2D eigenvalue weighted by Crippen LogP contribution is 2.39. The number of amides is 2. The van der Waals surface area contributed by atoms with Crippen molar-refractivity contribution in [1.82, 2.24) is 4.90 Å². The number of fused-ring (bicyclic) bond motifs is 1. The minimum atomic E-state index is -1.26. The van der Waals surface area contributed by atoms with Gasteiger partial charge in [0.15, 0.2) is 0 Å². The van der Waals surface area contributed by atoms with Gasteiger partial charge in [-0.2, -0.15) is 0 Å². The lowest BCUT2D eigenvalue weighted by atomic mass is 9.75. The molecule has 0 fully saturated rings. The van der Waals surface area contributed by atoms with Crippen LogP contribution in [0.5, 0.6) is 0 Å². The minimum Gasteiger partial charge on any atom is -0.465 e. The number of halogens is 1. The second kappa shape index (κ2) is 10.5. The molecule has 7 heteroatoms. The number of carbonyl (C=O) groups is 2. The molecular weight excluding hydrogens is 462 g/mol. The van der Waals surface area contributed by atoms with E-state index in [9.17, 15) is 14.7 Å². The maximum absolute atomic E-state index is 14.1. The maximum atomic E-state index is 14.1. The molecule has 6 nitrogen and oxygen atoms in total. The molecule has 2 amide bonds. The Labute approximate surface area is 214 Å². The van der Waals surface area contributed by atoms with Gasteiger partial charge in [0.1, 0.15) is 5.54 Å². The van der Waals surface area contributed by atoms with E-state index in [1.54, 1.807) is 6.07 Å². The number of hydrogen-bond acceptors (Lipinski definition) is 3. The van der Waals surface area contributed by atoms with Crippen LogP contribution in [0.1, 0.15) is 57.7 Å². The van der Waals surface area contributed by atoms with Gasteiger partial charge in [-0.25, -0.2) is 4.79 Å². The molecule has 1 aliphatic rings. The molecule has 3 rings (SSSR count). The fourth-order valence-electron chi connectivity index (χ4n) is 4.99. The zero-order chi connectivity index (χ0) is 26.0. The van der Waals surface area contributed by atoms with Gasteiger partial charge in [-0.15, -0.1) is 0 Å². The van der Waals surface area contributed by atoms with Gasteiger partial charge in [-0.1, -0.05) is 44.5 Å². The van der Waals surface area contributed by atoms with Crippen molar-refractivity contribution >= 4 is 35.0 Å². The quantitative estimate of drug-likeness (QED) is 0.463. The molecule has 0 spiro atoms. The lowest BCUT2D eigenvalue weighted by Crippen LogP contribution is -2.63. The highest BCUT2D eigenvalue weighted by molar-refractivity contribution is 6.31. The molecule has 35 heavy (non-hydrogen) atoms. The van der Waals surface area contributed by atoms with E-state index < -0.39 is 11.6 Å². The van der Waals surface area contributed by atoms with E-state index in [2.05, 4.69) is 30.1 Å². The molecule has 1 unspecified atom stereocenters. The topological polar surface area (TPSA) is 72.9 Å². The summed E-state index contributed by atoms with van der Waals surface area (Å²) in [7, 11) is 0. The van der Waals surface area contributed by atoms with Gasteiger partial charge in [0.05, 0.1) is 0 Å². The number of hydrogen-bond donors (Lipinski definition) is 2. The molecule has 2 N–H and O–H groups in total. The third kappa shape index (κ3) is 5.75. The molecule has 0 saturated heterocycles. The molecule has 0 saturated carbocycles. The van der Waals surface area contributed by atoms with E-state index in [1.807, 2.05) is 52.0 Å². The Kier molecular flexibility index (Phi) is 8.05. The first kappa shape index (κ1) is 26.9. The summed E-state index contributed by atoms with van der Waals surface area (Å²) in [5.41, 5.74) is 3.06. The molecule has 1 aliphatic carbocycles. The van der Waals surface area contributed by atoms with Crippen LogP contribution in [0.2, 0.25) is 5.02 Å². The maximum Gasteiger partial charge on any atom is 0.408 e. The summed E-state index contributed by atoms with van der Waals surface area (Å²) in [6.45, 7) is 14.1. The van der Waals surface area contributed by atoms with E-state index in [4.69, 9.17) is 11.6 Å². The molecule has 1 atom stereocenters. The smallest absolute Gasteiger partial charge is 0.408 e. The van der Waals surface area contributed by atoms with Crippen LogP contribution in [-0.2, 0) is 17.6 Å². The summed E-state index contributed by atoms with van der Waals surface area (Å²) in [5.74, 6) is -0.312. The minimum absolute atomic E-state index is 0.232. The van der Waals surface area contributed by atoms with Crippen molar-refractivity contribution in [3.8, 4) is 0 Å². The van der Waals surface area contributed by atoms with Gasteiger partial charge in [-0.05, 0) is 80.0 Å². The van der Waals surface area contributed by atoms with Crippen LogP contribution >= 0.6 is 11.6 Å². The van der Waals surface area contributed by atoms with E-state index in [1.165, 1.54) is 4.90 Å². The summed E-state index contributed by atoms with van der Waals surface area (Å²) >= 11 is 6.55. The molecule has 2 aromatic rings. The molecule has 0 radical (unpaired) electrons. The molecule has 0 bridgehead atoms. The number of anilines is 2. The normalized spacial score (nSPS) is 17.5. The Hall–Kier alpha value is -2.73. The number of benzene rings is 2. The van der Waals surface area contributed by atoms with E-state index in [-0.39, 0.29) is 24.3 Å². The first-order chi connectivity index (χ1) is 16.4. The Balaban J connectivity index is 2.04. The Morgan fingerprint density at radius 1 is 1.14 bits per heavy atom. The molecule has 190 valence electrons. The second-order valence-corrected chi connectivity index (χ2v) is 11.0. The molecule has 0 heterocycles. The monoisotopic (exact) mass is 499 g/mol. The van der Waals surface area contributed by atoms with Crippen molar-refractivity contribution in [3.05, 3.63) is 58.1 Å². The van der Waals surface area contributed by atoms with Crippen molar-refractivity contribution < 1.29 is 14.7 Å².